The van der Waals surface area contributed by atoms with Gasteiger partial charge in [-0.15, -0.1) is 0 Å². The van der Waals surface area contributed by atoms with E-state index < -0.39 is 0 Å². The molecule has 0 radical (unpaired) electrons. The van der Waals surface area contributed by atoms with Crippen molar-refractivity contribution in [3.05, 3.63) is 11.6 Å². The number of hydrogen-bond donors (Lipinski definition) is 2. The molecule has 1 aliphatic carbocycles. The standard InChI is InChI=1S/C10H18N4/c11-7-9-12-10(14-13-9)8-5-3-1-2-4-6-8/h8H,1-7,11H2,(H,12,13,14). The van der Waals surface area contributed by atoms with Crippen LogP contribution in [0.3, 0.4) is 0 Å². The van der Waals surface area contributed by atoms with E-state index in [0.717, 1.165) is 11.6 Å². The smallest absolute Gasteiger partial charge is 0.153 e. The molecule has 0 atom stereocenters. The first-order valence-electron chi connectivity index (χ1n) is 5.51. The fraction of sp³-hybridized carbons (Fsp3) is 0.800. The maximum Gasteiger partial charge on any atom is 0.153 e. The van der Waals surface area contributed by atoms with E-state index in [1.54, 1.807) is 0 Å². The molecule has 4 nitrogen and oxygen atoms in total. The van der Waals surface area contributed by atoms with Gasteiger partial charge in [0.05, 0.1) is 6.54 Å². The molecule has 0 aromatic carbocycles. The molecule has 1 saturated carbocycles. The highest BCUT2D eigenvalue weighted by atomic mass is 15.2. The summed E-state index contributed by atoms with van der Waals surface area (Å²) in [5, 5.41) is 7.12. The molecule has 0 aliphatic heterocycles. The van der Waals surface area contributed by atoms with E-state index in [1.807, 2.05) is 0 Å². The number of nitrogens with one attached hydrogen (secondary N) is 1. The van der Waals surface area contributed by atoms with Gasteiger partial charge in [0.25, 0.3) is 0 Å². The van der Waals surface area contributed by atoms with Gasteiger partial charge in [0.15, 0.2) is 5.82 Å². The van der Waals surface area contributed by atoms with Crippen LogP contribution in [0.5, 0.6) is 0 Å². The van der Waals surface area contributed by atoms with Crippen LogP contribution in [-0.4, -0.2) is 15.2 Å². The monoisotopic (exact) mass is 194 g/mol. The van der Waals surface area contributed by atoms with Crippen LogP contribution in [0.15, 0.2) is 0 Å². The fourth-order valence-electron chi connectivity index (χ4n) is 2.12. The Morgan fingerprint density at radius 3 is 2.50 bits per heavy atom. The summed E-state index contributed by atoms with van der Waals surface area (Å²) in [6.07, 6.45) is 7.84. The van der Waals surface area contributed by atoms with Crippen LogP contribution < -0.4 is 5.73 Å². The molecule has 1 aliphatic rings. The van der Waals surface area contributed by atoms with Gasteiger partial charge in [-0.1, -0.05) is 25.7 Å². The first-order chi connectivity index (χ1) is 6.90. The highest BCUT2D eigenvalue weighted by Crippen LogP contribution is 2.29. The van der Waals surface area contributed by atoms with Crippen LogP contribution in [0.1, 0.15) is 56.1 Å². The minimum Gasteiger partial charge on any atom is -0.324 e. The van der Waals surface area contributed by atoms with Crippen molar-refractivity contribution in [3.8, 4) is 0 Å². The van der Waals surface area contributed by atoms with Crippen molar-refractivity contribution in [2.75, 3.05) is 0 Å². The van der Waals surface area contributed by atoms with Crippen LogP contribution >= 0.6 is 0 Å². The molecular weight excluding hydrogens is 176 g/mol. The molecule has 0 amide bonds. The van der Waals surface area contributed by atoms with Gasteiger partial charge in [-0.3, -0.25) is 5.10 Å². The Labute approximate surface area is 84.3 Å². The summed E-state index contributed by atoms with van der Waals surface area (Å²) in [7, 11) is 0. The molecule has 78 valence electrons. The van der Waals surface area contributed by atoms with Crippen molar-refractivity contribution >= 4 is 0 Å². The molecule has 0 unspecified atom stereocenters. The number of hydrogen-bond acceptors (Lipinski definition) is 3. The lowest BCUT2D eigenvalue weighted by Crippen LogP contribution is -2.01. The quantitative estimate of drug-likeness (QED) is 0.704. The van der Waals surface area contributed by atoms with Crippen molar-refractivity contribution in [1.29, 1.82) is 0 Å². The van der Waals surface area contributed by atoms with E-state index in [1.165, 1.54) is 38.5 Å². The molecule has 2 rings (SSSR count). The predicted molar refractivity (Wildman–Crippen MR) is 54.7 cm³/mol. The summed E-state index contributed by atoms with van der Waals surface area (Å²) in [5.41, 5.74) is 5.49. The van der Waals surface area contributed by atoms with Crippen molar-refractivity contribution in [2.45, 2.75) is 51.0 Å². The van der Waals surface area contributed by atoms with Crippen molar-refractivity contribution in [3.63, 3.8) is 0 Å². The molecule has 14 heavy (non-hydrogen) atoms. The summed E-state index contributed by atoms with van der Waals surface area (Å²) in [6.45, 7) is 0.458. The van der Waals surface area contributed by atoms with E-state index >= 15 is 0 Å². The van der Waals surface area contributed by atoms with Gasteiger partial charge in [-0.2, -0.15) is 5.10 Å². The summed E-state index contributed by atoms with van der Waals surface area (Å²) >= 11 is 0. The highest BCUT2D eigenvalue weighted by molar-refractivity contribution is 4.98. The Morgan fingerprint density at radius 2 is 1.93 bits per heavy atom. The van der Waals surface area contributed by atoms with Gasteiger partial charge in [0.1, 0.15) is 5.82 Å². The Balaban J connectivity index is 2.04. The average Bonchev–Trinajstić information content (AvgIpc) is 2.53. The third-order valence-corrected chi connectivity index (χ3v) is 2.96. The molecule has 1 fully saturated rings. The second-order valence-corrected chi connectivity index (χ2v) is 4.03. The number of aromatic nitrogens is 3. The largest absolute Gasteiger partial charge is 0.324 e. The third kappa shape index (κ3) is 2.12. The minimum atomic E-state index is 0.458. The van der Waals surface area contributed by atoms with Crippen LogP contribution in [0.4, 0.5) is 0 Å². The maximum absolute atomic E-state index is 5.49. The minimum absolute atomic E-state index is 0.458. The second kappa shape index (κ2) is 4.55. The SMILES string of the molecule is NCc1nc(C2CCCCCC2)n[nH]1. The number of aromatic amines is 1. The van der Waals surface area contributed by atoms with E-state index in [9.17, 15) is 0 Å². The summed E-state index contributed by atoms with van der Waals surface area (Å²) < 4.78 is 0. The zero-order valence-electron chi connectivity index (χ0n) is 8.50. The lowest BCUT2D eigenvalue weighted by molar-refractivity contribution is 0.562. The zero-order chi connectivity index (χ0) is 9.80. The summed E-state index contributed by atoms with van der Waals surface area (Å²) in [4.78, 5) is 4.40. The van der Waals surface area contributed by atoms with Gasteiger partial charge in [0, 0.05) is 5.92 Å². The predicted octanol–water partition coefficient (Wildman–Crippen LogP) is 1.70. The average molecular weight is 194 g/mol. The zero-order valence-corrected chi connectivity index (χ0v) is 8.50. The van der Waals surface area contributed by atoms with Crippen molar-refractivity contribution in [1.82, 2.24) is 15.2 Å². The van der Waals surface area contributed by atoms with E-state index in [0.29, 0.717) is 12.5 Å². The molecule has 3 N–H and O–H groups in total. The van der Waals surface area contributed by atoms with Gasteiger partial charge in [0.2, 0.25) is 0 Å². The highest BCUT2D eigenvalue weighted by Gasteiger charge is 2.18. The van der Waals surface area contributed by atoms with Gasteiger partial charge in [-0.05, 0) is 12.8 Å². The van der Waals surface area contributed by atoms with E-state index in [2.05, 4.69) is 15.2 Å². The normalized spacial score (nSPS) is 19.5. The Kier molecular flexibility index (Phi) is 3.14. The maximum atomic E-state index is 5.49. The number of nitrogens with two attached hydrogens (primary N) is 1. The first-order valence-corrected chi connectivity index (χ1v) is 5.51. The molecule has 0 bridgehead atoms. The molecule has 4 heteroatoms. The van der Waals surface area contributed by atoms with Crippen LogP contribution in [0, 0.1) is 0 Å². The lowest BCUT2D eigenvalue weighted by atomic mass is 10.00. The second-order valence-electron chi connectivity index (χ2n) is 4.03. The van der Waals surface area contributed by atoms with E-state index in [-0.39, 0.29) is 0 Å². The Bertz CT molecular complexity index is 273. The first kappa shape index (κ1) is 9.65. The molecule has 0 saturated heterocycles. The third-order valence-electron chi connectivity index (χ3n) is 2.96. The van der Waals surface area contributed by atoms with Crippen LogP contribution in [0.2, 0.25) is 0 Å². The van der Waals surface area contributed by atoms with Gasteiger partial charge >= 0.3 is 0 Å². The van der Waals surface area contributed by atoms with Crippen LogP contribution in [-0.2, 0) is 6.54 Å². The lowest BCUT2D eigenvalue weighted by Gasteiger charge is -2.08. The molecule has 1 aromatic rings. The fourth-order valence-corrected chi connectivity index (χ4v) is 2.12. The van der Waals surface area contributed by atoms with E-state index in [4.69, 9.17) is 5.73 Å². The molecule has 1 aromatic heterocycles. The van der Waals surface area contributed by atoms with Gasteiger partial charge < -0.3 is 5.73 Å². The topological polar surface area (TPSA) is 67.6 Å². The number of nitrogens with zero attached hydrogens (tertiary/aromatic N) is 2. The summed E-state index contributed by atoms with van der Waals surface area (Å²) in [6, 6.07) is 0. The molecular formula is C10H18N4. The molecule has 0 spiro atoms. The summed E-state index contributed by atoms with van der Waals surface area (Å²) in [5.74, 6) is 2.35. The van der Waals surface area contributed by atoms with Crippen molar-refractivity contribution < 1.29 is 0 Å². The van der Waals surface area contributed by atoms with Crippen molar-refractivity contribution in [2.24, 2.45) is 5.73 Å². The Morgan fingerprint density at radius 1 is 1.21 bits per heavy atom. The van der Waals surface area contributed by atoms with Crippen LogP contribution in [0.25, 0.3) is 0 Å². The number of rotatable bonds is 2. The molecule has 1 heterocycles. The van der Waals surface area contributed by atoms with Gasteiger partial charge in [-0.25, -0.2) is 4.98 Å². The Hall–Kier alpha value is -0.900. The number of H-pyrrole nitrogens is 1.